The van der Waals surface area contributed by atoms with Crippen molar-refractivity contribution in [1.29, 1.82) is 0 Å². The van der Waals surface area contributed by atoms with E-state index in [1.165, 1.54) is 4.90 Å². The van der Waals surface area contributed by atoms with Crippen molar-refractivity contribution in [3.63, 3.8) is 0 Å². The first-order valence-corrected chi connectivity index (χ1v) is 11.6. The van der Waals surface area contributed by atoms with Gasteiger partial charge in [0.1, 0.15) is 6.54 Å². The summed E-state index contributed by atoms with van der Waals surface area (Å²) in [5.41, 5.74) is 3.17. The predicted molar refractivity (Wildman–Crippen MR) is 120 cm³/mol. The molecule has 0 aromatic heterocycles. The highest BCUT2D eigenvalue weighted by molar-refractivity contribution is 7.89. The van der Waals surface area contributed by atoms with Gasteiger partial charge < -0.3 is 10.2 Å². The zero-order chi connectivity index (χ0) is 22.5. The highest BCUT2D eigenvalue weighted by atomic mass is 32.2. The molecule has 1 amide bonds. The van der Waals surface area contributed by atoms with Crippen LogP contribution in [-0.4, -0.2) is 34.5 Å². The summed E-state index contributed by atoms with van der Waals surface area (Å²) in [4.78, 5) is 13.9. The summed E-state index contributed by atoms with van der Waals surface area (Å²) in [7, 11) is 0.351. The highest BCUT2D eigenvalue weighted by Crippen LogP contribution is 2.23. The Labute approximate surface area is 180 Å². The Balaban J connectivity index is 2.02. The second-order valence-corrected chi connectivity index (χ2v) is 10.7. The molecule has 0 spiro atoms. The van der Waals surface area contributed by atoms with E-state index in [1.807, 2.05) is 36.4 Å². The van der Waals surface area contributed by atoms with Crippen molar-refractivity contribution in [2.45, 2.75) is 57.1 Å². The van der Waals surface area contributed by atoms with E-state index in [1.54, 1.807) is 19.1 Å². The van der Waals surface area contributed by atoms with E-state index in [-0.39, 0.29) is 16.2 Å². The van der Waals surface area contributed by atoms with E-state index in [0.717, 1.165) is 23.2 Å². The second kappa shape index (κ2) is 9.73. The number of sulfonamides is 1. The van der Waals surface area contributed by atoms with Gasteiger partial charge in [-0.15, -0.1) is 0 Å². The molecule has 3 N–H and O–H groups in total. The van der Waals surface area contributed by atoms with E-state index in [9.17, 15) is 13.2 Å². The van der Waals surface area contributed by atoms with E-state index < -0.39 is 16.1 Å². The number of benzene rings is 2. The lowest BCUT2D eigenvalue weighted by Crippen LogP contribution is -3.04. The van der Waals surface area contributed by atoms with Crippen LogP contribution in [0.5, 0.6) is 0 Å². The number of amides is 1. The van der Waals surface area contributed by atoms with Crippen LogP contribution in [0.3, 0.4) is 0 Å². The first kappa shape index (κ1) is 24.1. The Morgan fingerprint density at radius 1 is 1.00 bits per heavy atom. The highest BCUT2D eigenvalue weighted by Gasteiger charge is 2.23. The Bertz CT molecular complexity index is 962. The number of hydrogen-bond donors (Lipinski definition) is 3. The van der Waals surface area contributed by atoms with Crippen molar-refractivity contribution in [3.8, 4) is 0 Å². The molecule has 0 radical (unpaired) electrons. The van der Waals surface area contributed by atoms with Crippen LogP contribution in [0, 0.1) is 0 Å². The van der Waals surface area contributed by atoms with Crippen molar-refractivity contribution in [1.82, 2.24) is 10.0 Å². The lowest BCUT2D eigenvalue weighted by molar-refractivity contribution is -0.872. The molecule has 0 saturated heterocycles. The number of carbonyl (C=O) groups excluding carboxylic acids is 1. The molecule has 30 heavy (non-hydrogen) atoms. The first-order valence-electron chi connectivity index (χ1n) is 10.2. The predicted octanol–water partition coefficient (Wildman–Crippen LogP) is 1.61. The van der Waals surface area contributed by atoms with Gasteiger partial charge in [0.2, 0.25) is 15.9 Å². The Morgan fingerprint density at radius 2 is 1.57 bits per heavy atom. The summed E-state index contributed by atoms with van der Waals surface area (Å²) in [5, 5.41) is 2.84. The fourth-order valence-corrected chi connectivity index (χ4v) is 4.31. The maximum Gasteiger partial charge on any atom is 0.241 e. The van der Waals surface area contributed by atoms with Crippen LogP contribution in [0.25, 0.3) is 0 Å². The molecule has 0 aliphatic heterocycles. The summed E-state index contributed by atoms with van der Waals surface area (Å²) in [6.07, 6.45) is 0. The zero-order valence-corrected chi connectivity index (χ0v) is 19.6. The summed E-state index contributed by atoms with van der Waals surface area (Å²) < 4.78 is 27.8. The van der Waals surface area contributed by atoms with Crippen molar-refractivity contribution in [2.75, 3.05) is 14.1 Å². The summed E-state index contributed by atoms with van der Waals surface area (Å²) >= 11 is 0. The summed E-state index contributed by atoms with van der Waals surface area (Å²) in [6.45, 7) is 8.96. The molecule has 0 unspecified atom stereocenters. The molecule has 0 aliphatic rings. The van der Waals surface area contributed by atoms with Gasteiger partial charge in [0.05, 0.1) is 25.0 Å². The largest absolute Gasteiger partial charge is 0.351 e. The van der Waals surface area contributed by atoms with Crippen molar-refractivity contribution in [2.24, 2.45) is 0 Å². The van der Waals surface area contributed by atoms with Gasteiger partial charge in [-0.2, -0.15) is 4.72 Å². The molecular formula is C23H34N3O3S+. The number of carbonyl (C=O) groups is 1. The third-order valence-corrected chi connectivity index (χ3v) is 6.43. The average molecular weight is 433 g/mol. The van der Waals surface area contributed by atoms with E-state index in [2.05, 4.69) is 44.9 Å². The normalized spacial score (nSPS) is 13.3. The van der Waals surface area contributed by atoms with Crippen LogP contribution in [0.4, 0.5) is 0 Å². The molecule has 1 atom stereocenters. The van der Waals surface area contributed by atoms with Crippen LogP contribution in [0.15, 0.2) is 53.4 Å². The maximum atomic E-state index is 12.7. The molecule has 6 nitrogen and oxygen atoms in total. The minimum absolute atomic E-state index is 0.0622. The first-order chi connectivity index (χ1) is 13.9. The summed E-state index contributed by atoms with van der Waals surface area (Å²) in [6, 6.07) is 13.8. The van der Waals surface area contributed by atoms with Gasteiger partial charge in [-0.05, 0) is 35.6 Å². The molecule has 0 bridgehead atoms. The van der Waals surface area contributed by atoms with Crippen LogP contribution < -0.4 is 14.9 Å². The van der Waals surface area contributed by atoms with Gasteiger partial charge in [-0.3, -0.25) is 4.79 Å². The second-order valence-electron chi connectivity index (χ2n) is 8.99. The lowest BCUT2D eigenvalue weighted by atomic mass is 9.87. The van der Waals surface area contributed by atoms with Gasteiger partial charge in [-0.1, -0.05) is 57.2 Å². The van der Waals surface area contributed by atoms with E-state index in [4.69, 9.17) is 0 Å². The Hall–Kier alpha value is -2.22. The smallest absolute Gasteiger partial charge is 0.241 e. The van der Waals surface area contributed by atoms with Crippen LogP contribution >= 0.6 is 0 Å². The zero-order valence-electron chi connectivity index (χ0n) is 18.7. The Kier molecular flexibility index (Phi) is 7.80. The number of rotatable bonds is 8. The van der Waals surface area contributed by atoms with Gasteiger partial charge in [-0.25, -0.2) is 8.42 Å². The number of hydrogen-bond acceptors (Lipinski definition) is 3. The minimum atomic E-state index is -3.79. The van der Waals surface area contributed by atoms with Crippen LogP contribution in [-0.2, 0) is 33.3 Å². The molecule has 164 valence electrons. The average Bonchev–Trinajstić information content (AvgIpc) is 2.65. The molecule has 0 heterocycles. The van der Waals surface area contributed by atoms with Crippen molar-refractivity contribution < 1.29 is 18.1 Å². The molecular weight excluding hydrogens is 398 g/mol. The SMILES string of the molecule is C[C@H](NS(=O)(=O)c1ccc(C(C)(C)C)cc1)C(=O)NCc1ccccc1C[NH+](C)C. The van der Waals surface area contributed by atoms with Gasteiger partial charge >= 0.3 is 0 Å². The van der Waals surface area contributed by atoms with Crippen LogP contribution in [0.1, 0.15) is 44.4 Å². The van der Waals surface area contributed by atoms with Gasteiger partial charge in [0, 0.05) is 12.1 Å². The quantitative estimate of drug-likeness (QED) is 0.593. The standard InChI is InChI=1S/C23H33N3O3S/c1-17(22(27)24-15-18-9-7-8-10-19(18)16-26(5)6)25-30(28,29)21-13-11-20(12-14-21)23(2,3)4/h7-14,17,25H,15-16H2,1-6H3,(H,24,27)/p+1/t17-/m0/s1. The molecule has 2 rings (SSSR count). The van der Waals surface area contributed by atoms with E-state index in [0.29, 0.717) is 6.54 Å². The number of quaternary nitrogens is 1. The fraction of sp³-hybridized carbons (Fsp3) is 0.435. The fourth-order valence-electron chi connectivity index (χ4n) is 3.11. The minimum Gasteiger partial charge on any atom is -0.351 e. The third kappa shape index (κ3) is 6.65. The summed E-state index contributed by atoms with van der Waals surface area (Å²) in [5.74, 6) is -0.364. The van der Waals surface area contributed by atoms with Gasteiger partial charge in [0.15, 0.2) is 0 Å². The third-order valence-electron chi connectivity index (χ3n) is 4.87. The molecule has 0 aliphatic carbocycles. The lowest BCUT2D eigenvalue weighted by Gasteiger charge is -2.20. The van der Waals surface area contributed by atoms with Crippen molar-refractivity contribution >= 4 is 15.9 Å². The number of nitrogens with one attached hydrogen (secondary N) is 3. The van der Waals surface area contributed by atoms with Crippen molar-refractivity contribution in [3.05, 3.63) is 65.2 Å². The van der Waals surface area contributed by atoms with Gasteiger partial charge in [0.25, 0.3) is 0 Å². The molecule has 2 aromatic rings. The molecule has 2 aromatic carbocycles. The molecule has 0 saturated carbocycles. The monoisotopic (exact) mass is 432 g/mol. The molecule has 7 heteroatoms. The van der Waals surface area contributed by atoms with E-state index >= 15 is 0 Å². The maximum absolute atomic E-state index is 12.7. The Morgan fingerprint density at radius 3 is 2.10 bits per heavy atom. The van der Waals surface area contributed by atoms with Crippen LogP contribution in [0.2, 0.25) is 0 Å². The topological polar surface area (TPSA) is 79.7 Å². The molecule has 0 fully saturated rings.